The summed E-state index contributed by atoms with van der Waals surface area (Å²) in [6, 6.07) is 7.26. The van der Waals surface area contributed by atoms with Crippen LogP contribution in [-0.2, 0) is 16.0 Å². The zero-order valence-electron chi connectivity index (χ0n) is 11.2. The molecule has 21 heavy (non-hydrogen) atoms. The van der Waals surface area contributed by atoms with Gasteiger partial charge in [-0.15, -0.1) is 0 Å². The lowest BCUT2D eigenvalue weighted by Gasteiger charge is -2.37. The van der Waals surface area contributed by atoms with Gasteiger partial charge < -0.3 is 10.1 Å². The van der Waals surface area contributed by atoms with E-state index in [1.807, 2.05) is 24.3 Å². The Balaban J connectivity index is 2.16. The van der Waals surface area contributed by atoms with Gasteiger partial charge in [-0.1, -0.05) is 28.1 Å². The van der Waals surface area contributed by atoms with Crippen molar-refractivity contribution in [2.75, 3.05) is 13.1 Å². The maximum Gasteiger partial charge on any atom is 0.490 e. The number of nitrogens with one attached hydrogen (secondary N) is 1. The van der Waals surface area contributed by atoms with Crippen LogP contribution in [0.25, 0.3) is 0 Å². The quantitative estimate of drug-likeness (QED) is 0.835. The zero-order chi connectivity index (χ0) is 15.5. The third kappa shape index (κ3) is 4.44. The molecule has 1 fully saturated rings. The number of hydrogen-bond acceptors (Lipinski definition) is 3. The second kappa shape index (κ2) is 6.36. The maximum atomic E-state index is 12.5. The largest absolute Gasteiger partial charge is 0.490 e. The predicted molar refractivity (Wildman–Crippen MR) is 74.8 cm³/mol. The molecule has 1 aromatic carbocycles. The zero-order valence-corrected chi connectivity index (χ0v) is 12.8. The van der Waals surface area contributed by atoms with Crippen molar-refractivity contribution >= 4 is 21.9 Å². The summed E-state index contributed by atoms with van der Waals surface area (Å²) in [5.41, 5.74) is -0.249. The van der Waals surface area contributed by atoms with E-state index in [-0.39, 0.29) is 6.42 Å². The summed E-state index contributed by atoms with van der Waals surface area (Å²) in [6.07, 6.45) is -3.95. The van der Waals surface area contributed by atoms with E-state index in [1.165, 1.54) is 0 Å². The summed E-state index contributed by atoms with van der Waals surface area (Å²) in [6.45, 7) is 1.06. The summed E-state index contributed by atoms with van der Waals surface area (Å²) in [5.74, 6) is -2.11. The van der Waals surface area contributed by atoms with Crippen LogP contribution in [0.5, 0.6) is 0 Å². The van der Waals surface area contributed by atoms with Gasteiger partial charge in [0.2, 0.25) is 0 Å². The number of benzene rings is 1. The molecule has 0 unspecified atom stereocenters. The molecule has 7 heteroatoms. The molecule has 116 valence electrons. The van der Waals surface area contributed by atoms with E-state index in [9.17, 15) is 18.0 Å². The Morgan fingerprint density at radius 1 is 1.24 bits per heavy atom. The highest BCUT2D eigenvalue weighted by molar-refractivity contribution is 9.10. The number of hydrogen-bond donors (Lipinski definition) is 1. The van der Waals surface area contributed by atoms with E-state index in [2.05, 4.69) is 21.2 Å². The normalized spacial score (nSPS) is 18.3. The van der Waals surface area contributed by atoms with Crippen molar-refractivity contribution in [3.63, 3.8) is 0 Å². The van der Waals surface area contributed by atoms with Crippen LogP contribution in [0.4, 0.5) is 13.2 Å². The Bertz CT molecular complexity index is 496. The molecule has 1 aromatic rings. The van der Waals surface area contributed by atoms with Gasteiger partial charge in [0, 0.05) is 23.7 Å². The van der Waals surface area contributed by atoms with Crippen LogP contribution >= 0.6 is 15.9 Å². The third-order valence-electron chi connectivity index (χ3n) is 3.49. The topological polar surface area (TPSA) is 38.3 Å². The molecule has 0 spiro atoms. The van der Waals surface area contributed by atoms with Crippen molar-refractivity contribution in [3.05, 3.63) is 34.3 Å². The van der Waals surface area contributed by atoms with Gasteiger partial charge in [0.25, 0.3) is 0 Å². The molecule has 0 atom stereocenters. The number of esters is 1. The fraction of sp³-hybridized carbons (Fsp3) is 0.500. The van der Waals surface area contributed by atoms with Crippen molar-refractivity contribution in [1.29, 1.82) is 0 Å². The Labute approximate surface area is 129 Å². The Morgan fingerprint density at radius 2 is 1.81 bits per heavy atom. The van der Waals surface area contributed by atoms with Crippen LogP contribution in [0.2, 0.25) is 0 Å². The lowest BCUT2D eigenvalue weighted by Crippen LogP contribution is -2.48. The van der Waals surface area contributed by atoms with Crippen LogP contribution < -0.4 is 5.32 Å². The number of carbonyl (C=O) groups is 1. The minimum atomic E-state index is -4.96. The molecule has 1 saturated heterocycles. The molecule has 0 aliphatic carbocycles. The van der Waals surface area contributed by atoms with E-state index < -0.39 is 17.7 Å². The average molecular weight is 366 g/mol. The summed E-state index contributed by atoms with van der Waals surface area (Å²) in [5, 5.41) is 3.07. The van der Waals surface area contributed by atoms with Crippen molar-refractivity contribution < 1.29 is 22.7 Å². The molecule has 0 aromatic heterocycles. The molecular weight excluding hydrogens is 351 g/mol. The highest BCUT2D eigenvalue weighted by Crippen LogP contribution is 2.31. The van der Waals surface area contributed by atoms with Gasteiger partial charge in [-0.25, -0.2) is 4.79 Å². The van der Waals surface area contributed by atoms with E-state index in [1.54, 1.807) is 0 Å². The average Bonchev–Trinajstić information content (AvgIpc) is 2.41. The van der Waals surface area contributed by atoms with Crippen molar-refractivity contribution in [1.82, 2.24) is 5.32 Å². The second-order valence-corrected chi connectivity index (χ2v) is 6.04. The van der Waals surface area contributed by atoms with E-state index in [4.69, 9.17) is 4.74 Å². The molecule has 1 N–H and O–H groups in total. The van der Waals surface area contributed by atoms with Crippen LogP contribution in [0, 0.1) is 0 Å². The van der Waals surface area contributed by atoms with E-state index in [0.29, 0.717) is 25.9 Å². The summed E-state index contributed by atoms with van der Waals surface area (Å²) in [7, 11) is 0. The van der Waals surface area contributed by atoms with Gasteiger partial charge in [-0.3, -0.25) is 0 Å². The molecule has 1 aliphatic heterocycles. The van der Waals surface area contributed by atoms with Gasteiger partial charge in [0.15, 0.2) is 0 Å². The summed E-state index contributed by atoms with van der Waals surface area (Å²) >= 11 is 3.31. The van der Waals surface area contributed by atoms with Crippen LogP contribution in [0.15, 0.2) is 28.7 Å². The molecule has 3 nitrogen and oxygen atoms in total. The highest BCUT2D eigenvalue weighted by atomic mass is 79.9. The number of alkyl halides is 3. The molecule has 1 heterocycles. The fourth-order valence-electron chi connectivity index (χ4n) is 2.43. The molecule has 0 radical (unpaired) electrons. The minimum Gasteiger partial charge on any atom is -0.452 e. The maximum absolute atomic E-state index is 12.5. The lowest BCUT2D eigenvalue weighted by molar-refractivity contribution is -0.216. The summed E-state index contributed by atoms with van der Waals surface area (Å²) < 4.78 is 43.2. The van der Waals surface area contributed by atoms with Crippen molar-refractivity contribution in [3.8, 4) is 0 Å². The Kier molecular flexibility index (Phi) is 4.93. The van der Waals surface area contributed by atoms with Crippen LogP contribution in [-0.4, -0.2) is 30.8 Å². The first-order valence-electron chi connectivity index (χ1n) is 6.56. The van der Waals surface area contributed by atoms with E-state index in [0.717, 1.165) is 10.0 Å². The lowest BCUT2D eigenvalue weighted by atomic mass is 9.85. The van der Waals surface area contributed by atoms with Gasteiger partial charge in [-0.05, 0) is 30.8 Å². The predicted octanol–water partition coefficient (Wildman–Crippen LogP) is 3.22. The van der Waals surface area contributed by atoms with E-state index >= 15 is 0 Å². The molecule has 2 rings (SSSR count). The Morgan fingerprint density at radius 3 is 2.33 bits per heavy atom. The number of ether oxygens (including phenoxy) is 1. The highest BCUT2D eigenvalue weighted by Gasteiger charge is 2.46. The van der Waals surface area contributed by atoms with Crippen LogP contribution in [0.1, 0.15) is 18.4 Å². The molecule has 0 bridgehead atoms. The summed E-state index contributed by atoms with van der Waals surface area (Å²) in [4.78, 5) is 11.2. The Hall–Kier alpha value is -1.08. The SMILES string of the molecule is O=C(OC1(Cc2ccc(Br)cc2)CCNCC1)C(F)(F)F. The van der Waals surface area contributed by atoms with Gasteiger partial charge >= 0.3 is 12.1 Å². The van der Waals surface area contributed by atoms with Gasteiger partial charge in [-0.2, -0.15) is 13.2 Å². The first-order valence-corrected chi connectivity index (χ1v) is 7.35. The van der Waals surface area contributed by atoms with Crippen molar-refractivity contribution in [2.24, 2.45) is 0 Å². The molecule has 0 saturated carbocycles. The van der Waals surface area contributed by atoms with Gasteiger partial charge in [0.05, 0.1) is 0 Å². The fourth-order valence-corrected chi connectivity index (χ4v) is 2.69. The van der Waals surface area contributed by atoms with Crippen LogP contribution in [0.3, 0.4) is 0 Å². The number of rotatable bonds is 3. The minimum absolute atomic E-state index is 0.282. The number of carbonyl (C=O) groups excluding carboxylic acids is 1. The third-order valence-corrected chi connectivity index (χ3v) is 4.02. The standard InChI is InChI=1S/C14H15BrF3NO2/c15-11-3-1-10(2-4-11)9-13(5-7-19-8-6-13)21-12(20)14(16,17)18/h1-4,19H,5-9H2. The number of halogens is 4. The first kappa shape index (κ1) is 16.3. The first-order chi connectivity index (χ1) is 9.81. The monoisotopic (exact) mass is 365 g/mol. The molecular formula is C14H15BrF3NO2. The van der Waals surface area contributed by atoms with Gasteiger partial charge in [0.1, 0.15) is 5.60 Å². The smallest absolute Gasteiger partial charge is 0.452 e. The number of piperidine rings is 1. The van der Waals surface area contributed by atoms with Crippen molar-refractivity contribution in [2.45, 2.75) is 31.0 Å². The molecule has 1 aliphatic rings. The second-order valence-electron chi connectivity index (χ2n) is 5.12. The molecule has 0 amide bonds.